The Morgan fingerprint density at radius 2 is 2.05 bits per heavy atom. The number of rotatable bonds is 5. The first kappa shape index (κ1) is 13.6. The minimum absolute atomic E-state index is 0.202. The van der Waals surface area contributed by atoms with E-state index in [0.29, 0.717) is 0 Å². The van der Waals surface area contributed by atoms with Gasteiger partial charge in [-0.15, -0.1) is 11.3 Å². The minimum atomic E-state index is -0.654. The highest BCUT2D eigenvalue weighted by Crippen LogP contribution is 2.10. The highest BCUT2D eigenvalue weighted by Gasteiger charge is 2.10. The lowest BCUT2D eigenvalue weighted by Crippen LogP contribution is -2.13. The van der Waals surface area contributed by atoms with Gasteiger partial charge in [0.25, 0.3) is 0 Å². The molecule has 1 N–H and O–H groups in total. The van der Waals surface area contributed by atoms with E-state index in [0.717, 1.165) is 10.6 Å². The lowest BCUT2D eigenvalue weighted by molar-refractivity contribution is -0.136. The maximum absolute atomic E-state index is 11.5. The first-order chi connectivity index (χ1) is 9.25. The second-order valence-electron chi connectivity index (χ2n) is 3.54. The van der Waals surface area contributed by atoms with Crippen LogP contribution in [0.3, 0.4) is 0 Å². The molecule has 4 nitrogen and oxygen atoms in total. The van der Waals surface area contributed by atoms with Gasteiger partial charge >= 0.3 is 5.97 Å². The van der Waals surface area contributed by atoms with Crippen molar-refractivity contribution in [1.29, 1.82) is 0 Å². The molecule has 0 bridgehead atoms. The van der Waals surface area contributed by atoms with Gasteiger partial charge in [-0.1, -0.05) is 35.9 Å². The summed E-state index contributed by atoms with van der Waals surface area (Å²) in [5.41, 5.74) is 3.42. The van der Waals surface area contributed by atoms with Crippen LogP contribution in [-0.4, -0.2) is 11.1 Å². The molecule has 19 heavy (non-hydrogen) atoms. The van der Waals surface area contributed by atoms with Crippen molar-refractivity contribution in [3.63, 3.8) is 0 Å². The smallest absolute Gasteiger partial charge is 0.371 e. The second kappa shape index (κ2) is 6.92. The Morgan fingerprint density at radius 1 is 1.26 bits per heavy atom. The topological polar surface area (TPSA) is 50.7 Å². The number of benzene rings is 1. The van der Waals surface area contributed by atoms with Gasteiger partial charge in [0.15, 0.2) is 0 Å². The van der Waals surface area contributed by atoms with E-state index in [1.165, 1.54) is 11.3 Å². The number of esters is 1. The van der Waals surface area contributed by atoms with Crippen LogP contribution < -0.4 is 5.43 Å². The van der Waals surface area contributed by atoms with Crippen LogP contribution in [0.1, 0.15) is 4.88 Å². The van der Waals surface area contributed by atoms with E-state index in [9.17, 15) is 4.79 Å². The third-order valence-corrected chi connectivity index (χ3v) is 3.24. The van der Waals surface area contributed by atoms with Crippen molar-refractivity contribution in [2.75, 3.05) is 5.43 Å². The molecule has 0 radical (unpaired) electrons. The van der Waals surface area contributed by atoms with Crippen molar-refractivity contribution in [2.24, 2.45) is 5.10 Å². The van der Waals surface area contributed by atoms with Gasteiger partial charge in [-0.25, -0.2) is 4.79 Å². The van der Waals surface area contributed by atoms with Crippen LogP contribution >= 0.6 is 22.9 Å². The molecule has 0 saturated heterocycles. The molecule has 0 atom stereocenters. The molecule has 0 saturated carbocycles. The lowest BCUT2D eigenvalue weighted by atomic mass is 10.3. The third kappa shape index (κ3) is 4.39. The molecule has 1 aromatic heterocycles. The Kier molecular flexibility index (Phi) is 4.94. The van der Waals surface area contributed by atoms with Crippen molar-refractivity contribution < 1.29 is 9.53 Å². The summed E-state index contributed by atoms with van der Waals surface area (Å²) in [4.78, 5) is 12.5. The van der Waals surface area contributed by atoms with Crippen molar-refractivity contribution in [3.8, 4) is 0 Å². The number of para-hydroxylation sites is 1. The van der Waals surface area contributed by atoms with E-state index in [1.54, 1.807) is 0 Å². The fourth-order valence-corrected chi connectivity index (χ4v) is 1.98. The average Bonchev–Trinajstić information content (AvgIpc) is 2.96. The first-order valence-electron chi connectivity index (χ1n) is 5.49. The molecule has 0 aliphatic carbocycles. The zero-order valence-corrected chi connectivity index (χ0v) is 11.4. The Balaban J connectivity index is 1.84. The third-order valence-electron chi connectivity index (χ3n) is 2.15. The van der Waals surface area contributed by atoms with Gasteiger partial charge in [-0.3, -0.25) is 5.43 Å². The molecular weight excluding hydrogens is 284 g/mol. The zero-order valence-electron chi connectivity index (χ0n) is 9.88. The highest BCUT2D eigenvalue weighted by atomic mass is 35.5. The molecule has 0 amide bonds. The summed E-state index contributed by atoms with van der Waals surface area (Å²) in [6.45, 7) is 0.202. The Labute approximate surface area is 119 Å². The van der Waals surface area contributed by atoms with Crippen LogP contribution in [0.15, 0.2) is 52.9 Å². The number of carbonyl (C=O) groups excluding carboxylic acids is 1. The standard InChI is InChI=1S/C13H11ClN2O2S/c14-12(16-15-10-5-2-1-3-6-10)13(17)18-9-11-7-4-8-19-11/h1-8,15H,9H2/b16-12-. The molecule has 1 aromatic carbocycles. The number of thiophene rings is 1. The van der Waals surface area contributed by atoms with E-state index < -0.39 is 5.97 Å². The summed E-state index contributed by atoms with van der Waals surface area (Å²) < 4.78 is 5.01. The number of ether oxygens (including phenoxy) is 1. The molecule has 0 spiro atoms. The molecule has 1 heterocycles. The van der Waals surface area contributed by atoms with Gasteiger partial charge in [0.1, 0.15) is 6.61 Å². The van der Waals surface area contributed by atoms with E-state index in [-0.39, 0.29) is 11.8 Å². The largest absolute Gasteiger partial charge is 0.455 e. The molecule has 98 valence electrons. The maximum atomic E-state index is 11.5. The van der Waals surface area contributed by atoms with Crippen LogP contribution in [0.5, 0.6) is 0 Å². The van der Waals surface area contributed by atoms with E-state index in [2.05, 4.69) is 10.5 Å². The number of nitrogens with zero attached hydrogens (tertiary/aromatic N) is 1. The van der Waals surface area contributed by atoms with Crippen LogP contribution in [0.4, 0.5) is 5.69 Å². The zero-order chi connectivity index (χ0) is 13.5. The number of halogens is 1. The van der Waals surface area contributed by atoms with Crippen molar-refractivity contribution in [3.05, 3.63) is 52.7 Å². The predicted octanol–water partition coefficient (Wildman–Crippen LogP) is 3.46. The number of hydrogen-bond donors (Lipinski definition) is 1. The number of hydrazone groups is 1. The monoisotopic (exact) mass is 294 g/mol. The van der Waals surface area contributed by atoms with Crippen molar-refractivity contribution in [2.45, 2.75) is 6.61 Å². The summed E-state index contributed by atoms with van der Waals surface area (Å²) in [5.74, 6) is -0.654. The summed E-state index contributed by atoms with van der Waals surface area (Å²) >= 11 is 7.25. The van der Waals surface area contributed by atoms with Crippen molar-refractivity contribution >= 4 is 39.8 Å². The molecule has 0 fully saturated rings. The fraction of sp³-hybridized carbons (Fsp3) is 0.0769. The summed E-state index contributed by atoms with van der Waals surface area (Å²) in [5, 5.41) is 5.43. The summed E-state index contributed by atoms with van der Waals surface area (Å²) in [6, 6.07) is 13.0. The quantitative estimate of drug-likeness (QED) is 0.522. The average molecular weight is 295 g/mol. The van der Waals surface area contributed by atoms with Crippen LogP contribution in [0.25, 0.3) is 0 Å². The normalized spacial score (nSPS) is 11.1. The number of anilines is 1. The number of hydrogen-bond acceptors (Lipinski definition) is 5. The summed E-state index contributed by atoms with van der Waals surface area (Å²) in [6.07, 6.45) is 0. The van der Waals surface area contributed by atoms with E-state index in [4.69, 9.17) is 16.3 Å². The SMILES string of the molecule is O=C(OCc1cccs1)/C(Cl)=N/Nc1ccccc1. The maximum Gasteiger partial charge on any atom is 0.371 e. The summed E-state index contributed by atoms with van der Waals surface area (Å²) in [7, 11) is 0. The molecule has 6 heteroatoms. The van der Waals surface area contributed by atoms with Crippen LogP contribution in [0.2, 0.25) is 0 Å². The van der Waals surface area contributed by atoms with E-state index >= 15 is 0 Å². The molecule has 0 aliphatic rings. The molecular formula is C13H11ClN2O2S. The molecule has 2 rings (SSSR count). The predicted molar refractivity (Wildman–Crippen MR) is 77.5 cm³/mol. The van der Waals surface area contributed by atoms with Crippen molar-refractivity contribution in [1.82, 2.24) is 0 Å². The van der Waals surface area contributed by atoms with Gasteiger partial charge in [-0.2, -0.15) is 5.10 Å². The second-order valence-corrected chi connectivity index (χ2v) is 4.93. The highest BCUT2D eigenvalue weighted by molar-refractivity contribution is 7.09. The van der Waals surface area contributed by atoms with Gasteiger partial charge < -0.3 is 4.74 Å². The Morgan fingerprint density at radius 3 is 2.74 bits per heavy atom. The fourth-order valence-electron chi connectivity index (χ4n) is 1.26. The van der Waals surface area contributed by atoms with Crippen LogP contribution in [0, 0.1) is 0 Å². The van der Waals surface area contributed by atoms with Crippen LogP contribution in [-0.2, 0) is 16.1 Å². The lowest BCUT2D eigenvalue weighted by Gasteiger charge is -2.02. The number of carbonyl (C=O) groups is 1. The molecule has 0 unspecified atom stereocenters. The molecule has 2 aromatic rings. The van der Waals surface area contributed by atoms with Gasteiger partial charge in [0.2, 0.25) is 5.17 Å². The molecule has 0 aliphatic heterocycles. The first-order valence-corrected chi connectivity index (χ1v) is 6.75. The Hall–Kier alpha value is -1.85. The van der Waals surface area contributed by atoms with Gasteiger partial charge in [0, 0.05) is 4.88 Å². The van der Waals surface area contributed by atoms with E-state index in [1.807, 2.05) is 47.8 Å². The Bertz CT molecular complexity index is 555. The van der Waals surface area contributed by atoms with Gasteiger partial charge in [0.05, 0.1) is 5.69 Å². The van der Waals surface area contributed by atoms with Gasteiger partial charge in [-0.05, 0) is 23.6 Å². The minimum Gasteiger partial charge on any atom is -0.455 e. The number of nitrogens with one attached hydrogen (secondary N) is 1.